The molecular formula is C16H28BrN3. The molecule has 2 atom stereocenters. The van der Waals surface area contributed by atoms with Crippen molar-refractivity contribution >= 4 is 15.9 Å². The molecule has 2 rings (SSSR count). The topological polar surface area (TPSA) is 43.8 Å². The van der Waals surface area contributed by atoms with Crippen molar-refractivity contribution in [3.05, 3.63) is 15.9 Å². The van der Waals surface area contributed by atoms with Gasteiger partial charge in [0.1, 0.15) is 0 Å². The van der Waals surface area contributed by atoms with Gasteiger partial charge in [-0.15, -0.1) is 0 Å². The van der Waals surface area contributed by atoms with E-state index in [9.17, 15) is 0 Å². The van der Waals surface area contributed by atoms with Crippen molar-refractivity contribution < 1.29 is 0 Å². The van der Waals surface area contributed by atoms with Gasteiger partial charge >= 0.3 is 0 Å². The highest BCUT2D eigenvalue weighted by molar-refractivity contribution is 9.10. The molecule has 1 aromatic heterocycles. The Morgan fingerprint density at radius 2 is 2.05 bits per heavy atom. The van der Waals surface area contributed by atoms with Gasteiger partial charge in [0.15, 0.2) is 0 Å². The van der Waals surface area contributed by atoms with Crippen LogP contribution in [-0.4, -0.2) is 15.3 Å². The quantitative estimate of drug-likeness (QED) is 0.884. The number of aromatic nitrogens is 2. The van der Waals surface area contributed by atoms with E-state index in [1.54, 1.807) is 0 Å². The van der Waals surface area contributed by atoms with Crippen LogP contribution in [0.1, 0.15) is 57.8 Å². The van der Waals surface area contributed by atoms with E-state index in [4.69, 9.17) is 5.73 Å². The molecule has 2 unspecified atom stereocenters. The zero-order valence-corrected chi connectivity index (χ0v) is 15.0. The zero-order chi connectivity index (χ0) is 15.1. The summed E-state index contributed by atoms with van der Waals surface area (Å²) < 4.78 is 3.12. The third-order valence-corrected chi connectivity index (χ3v) is 5.91. The molecule has 0 bridgehead atoms. The third kappa shape index (κ3) is 2.96. The molecule has 1 saturated carbocycles. The summed E-state index contributed by atoms with van der Waals surface area (Å²) >= 11 is 3.68. The maximum Gasteiger partial charge on any atom is 0.0738 e. The molecule has 0 aromatic carbocycles. The van der Waals surface area contributed by atoms with Crippen LogP contribution in [0.3, 0.4) is 0 Å². The largest absolute Gasteiger partial charge is 0.324 e. The Labute approximate surface area is 131 Å². The molecule has 1 heterocycles. The average Bonchev–Trinajstić information content (AvgIpc) is 2.55. The highest BCUT2D eigenvalue weighted by Crippen LogP contribution is 2.45. The monoisotopic (exact) mass is 341 g/mol. The number of nitrogens with two attached hydrogens (primary N) is 1. The molecule has 0 saturated heterocycles. The second-order valence-electron chi connectivity index (χ2n) is 7.54. The van der Waals surface area contributed by atoms with E-state index in [-0.39, 0.29) is 11.0 Å². The van der Waals surface area contributed by atoms with Crippen molar-refractivity contribution in [2.75, 3.05) is 0 Å². The molecule has 0 radical (unpaired) electrons. The number of hydrogen-bond donors (Lipinski definition) is 1. The first-order valence-electron chi connectivity index (χ1n) is 7.62. The summed E-state index contributed by atoms with van der Waals surface area (Å²) in [6.45, 7) is 9.02. The fourth-order valence-corrected chi connectivity index (χ4v) is 4.43. The molecule has 114 valence electrons. The van der Waals surface area contributed by atoms with Crippen LogP contribution >= 0.6 is 15.9 Å². The van der Waals surface area contributed by atoms with Gasteiger partial charge in [0, 0.05) is 19.0 Å². The SMILES string of the molecule is Cc1nn(C)c(CC2(N)CCCCC2C(C)(C)C)c1Br. The van der Waals surface area contributed by atoms with Gasteiger partial charge in [-0.2, -0.15) is 5.10 Å². The van der Waals surface area contributed by atoms with E-state index in [2.05, 4.69) is 41.8 Å². The first-order valence-corrected chi connectivity index (χ1v) is 8.41. The Balaban J connectivity index is 2.33. The van der Waals surface area contributed by atoms with Crippen LogP contribution in [0.4, 0.5) is 0 Å². The van der Waals surface area contributed by atoms with Crippen LogP contribution in [0.15, 0.2) is 4.47 Å². The fourth-order valence-electron chi connectivity index (χ4n) is 3.96. The highest BCUT2D eigenvalue weighted by Gasteiger charge is 2.44. The Bertz CT molecular complexity index is 487. The number of nitrogens with zero attached hydrogens (tertiary/aromatic N) is 2. The van der Waals surface area contributed by atoms with Crippen molar-refractivity contribution in [3.63, 3.8) is 0 Å². The Morgan fingerprint density at radius 3 is 2.55 bits per heavy atom. The van der Waals surface area contributed by atoms with Crippen LogP contribution in [0.25, 0.3) is 0 Å². The smallest absolute Gasteiger partial charge is 0.0738 e. The standard InChI is InChI=1S/C16H28BrN3/c1-11-14(17)12(20(5)19-11)10-16(18)9-7-6-8-13(16)15(2,3)4/h13H,6-10,18H2,1-5H3. The maximum atomic E-state index is 6.91. The van der Waals surface area contributed by atoms with Gasteiger partial charge in [-0.25, -0.2) is 0 Å². The van der Waals surface area contributed by atoms with Crippen molar-refractivity contribution in [1.82, 2.24) is 9.78 Å². The predicted molar refractivity (Wildman–Crippen MR) is 87.7 cm³/mol. The molecule has 3 nitrogen and oxygen atoms in total. The fraction of sp³-hybridized carbons (Fsp3) is 0.812. The van der Waals surface area contributed by atoms with Crippen LogP contribution in [-0.2, 0) is 13.5 Å². The zero-order valence-electron chi connectivity index (χ0n) is 13.5. The normalized spacial score (nSPS) is 27.9. The molecule has 1 aliphatic carbocycles. The second kappa shape index (κ2) is 5.45. The van der Waals surface area contributed by atoms with E-state index in [0.717, 1.165) is 23.0 Å². The summed E-state index contributed by atoms with van der Waals surface area (Å²) in [6, 6.07) is 0. The molecule has 20 heavy (non-hydrogen) atoms. The first kappa shape index (κ1) is 16.0. The maximum absolute atomic E-state index is 6.91. The van der Waals surface area contributed by atoms with Crippen molar-refractivity contribution in [1.29, 1.82) is 0 Å². The molecule has 1 fully saturated rings. The minimum Gasteiger partial charge on any atom is -0.324 e. The molecule has 1 aliphatic rings. The van der Waals surface area contributed by atoms with E-state index in [1.807, 2.05) is 18.7 Å². The summed E-state index contributed by atoms with van der Waals surface area (Å²) in [5.74, 6) is 0.561. The molecule has 0 amide bonds. The minimum absolute atomic E-state index is 0.112. The molecular weight excluding hydrogens is 314 g/mol. The van der Waals surface area contributed by atoms with Crippen molar-refractivity contribution in [3.8, 4) is 0 Å². The molecule has 0 spiro atoms. The lowest BCUT2D eigenvalue weighted by molar-refractivity contribution is 0.0779. The van der Waals surface area contributed by atoms with Crippen LogP contribution in [0.5, 0.6) is 0 Å². The van der Waals surface area contributed by atoms with Gasteiger partial charge in [-0.05, 0) is 47.0 Å². The van der Waals surface area contributed by atoms with Gasteiger partial charge in [0.05, 0.1) is 15.9 Å². The summed E-state index contributed by atoms with van der Waals surface area (Å²) in [6.07, 6.45) is 5.83. The van der Waals surface area contributed by atoms with E-state index in [1.165, 1.54) is 25.0 Å². The number of aryl methyl sites for hydroxylation is 2. The van der Waals surface area contributed by atoms with Gasteiger partial charge in [0.2, 0.25) is 0 Å². The van der Waals surface area contributed by atoms with Gasteiger partial charge in [0.25, 0.3) is 0 Å². The van der Waals surface area contributed by atoms with Crippen LogP contribution in [0.2, 0.25) is 0 Å². The van der Waals surface area contributed by atoms with Crippen LogP contribution in [0, 0.1) is 18.3 Å². The number of halogens is 1. The molecule has 4 heteroatoms. The first-order chi connectivity index (χ1) is 9.15. The average molecular weight is 342 g/mol. The second-order valence-corrected chi connectivity index (χ2v) is 8.34. The van der Waals surface area contributed by atoms with Crippen LogP contribution < -0.4 is 5.73 Å². The van der Waals surface area contributed by atoms with E-state index < -0.39 is 0 Å². The van der Waals surface area contributed by atoms with Gasteiger partial charge in [-0.3, -0.25) is 4.68 Å². The van der Waals surface area contributed by atoms with Crippen molar-refractivity contribution in [2.24, 2.45) is 24.1 Å². The summed E-state index contributed by atoms with van der Waals surface area (Å²) in [4.78, 5) is 0. The van der Waals surface area contributed by atoms with Gasteiger partial charge in [-0.1, -0.05) is 33.6 Å². The lowest BCUT2D eigenvalue weighted by atomic mass is 9.61. The molecule has 0 aliphatic heterocycles. The van der Waals surface area contributed by atoms with Crippen molar-refractivity contribution in [2.45, 2.75) is 65.3 Å². The lowest BCUT2D eigenvalue weighted by Crippen LogP contribution is -2.55. The number of hydrogen-bond acceptors (Lipinski definition) is 2. The lowest BCUT2D eigenvalue weighted by Gasteiger charge is -2.48. The number of rotatable bonds is 2. The Morgan fingerprint density at radius 1 is 1.40 bits per heavy atom. The summed E-state index contributed by atoms with van der Waals surface area (Å²) in [5.41, 5.74) is 9.34. The summed E-state index contributed by atoms with van der Waals surface area (Å²) in [7, 11) is 2.02. The third-order valence-electron chi connectivity index (χ3n) is 4.88. The molecule has 2 N–H and O–H groups in total. The Kier molecular flexibility index (Phi) is 4.37. The Hall–Kier alpha value is -0.350. The molecule has 1 aromatic rings. The predicted octanol–water partition coefficient (Wildman–Crippen LogP) is 3.97. The minimum atomic E-state index is -0.112. The highest BCUT2D eigenvalue weighted by atomic mass is 79.9. The van der Waals surface area contributed by atoms with Gasteiger partial charge < -0.3 is 5.73 Å². The van der Waals surface area contributed by atoms with E-state index >= 15 is 0 Å². The van der Waals surface area contributed by atoms with E-state index in [0.29, 0.717) is 5.92 Å². The summed E-state index contributed by atoms with van der Waals surface area (Å²) in [5, 5.41) is 4.51.